The SMILES string of the molecule is CCOC(CNC(=S)NC(=O)OCC(C)C)OCC. The molecule has 0 atom stereocenters. The smallest absolute Gasteiger partial charge is 0.413 e. The molecule has 0 aliphatic carbocycles. The summed E-state index contributed by atoms with van der Waals surface area (Å²) in [6.45, 7) is 9.49. The summed E-state index contributed by atoms with van der Waals surface area (Å²) < 4.78 is 15.6. The summed E-state index contributed by atoms with van der Waals surface area (Å²) in [5.41, 5.74) is 0. The monoisotopic (exact) mass is 292 g/mol. The van der Waals surface area contributed by atoms with E-state index in [0.717, 1.165) is 0 Å². The molecule has 0 aliphatic rings. The summed E-state index contributed by atoms with van der Waals surface area (Å²) in [6, 6.07) is 0. The molecule has 0 saturated heterocycles. The lowest BCUT2D eigenvalue weighted by Gasteiger charge is -2.18. The Morgan fingerprint density at radius 1 is 1.21 bits per heavy atom. The van der Waals surface area contributed by atoms with Gasteiger partial charge >= 0.3 is 6.09 Å². The van der Waals surface area contributed by atoms with Crippen LogP contribution in [0.5, 0.6) is 0 Å². The van der Waals surface area contributed by atoms with E-state index in [9.17, 15) is 4.79 Å². The number of rotatable bonds is 8. The number of alkyl carbamates (subject to hydrolysis) is 1. The lowest BCUT2D eigenvalue weighted by atomic mass is 10.2. The van der Waals surface area contributed by atoms with Gasteiger partial charge in [-0.3, -0.25) is 5.32 Å². The normalized spacial score (nSPS) is 10.6. The first kappa shape index (κ1) is 18.1. The number of carbonyl (C=O) groups is 1. The van der Waals surface area contributed by atoms with Crippen LogP contribution in [0.25, 0.3) is 0 Å². The van der Waals surface area contributed by atoms with Crippen LogP contribution in [-0.4, -0.2) is 43.9 Å². The van der Waals surface area contributed by atoms with E-state index < -0.39 is 6.09 Å². The highest BCUT2D eigenvalue weighted by atomic mass is 32.1. The van der Waals surface area contributed by atoms with Crippen LogP contribution in [0, 0.1) is 5.92 Å². The first-order valence-electron chi connectivity index (χ1n) is 6.44. The number of amides is 1. The molecule has 0 aromatic carbocycles. The van der Waals surface area contributed by atoms with Crippen molar-refractivity contribution < 1.29 is 19.0 Å². The Morgan fingerprint density at radius 2 is 1.79 bits per heavy atom. The quantitative estimate of drug-likeness (QED) is 0.523. The van der Waals surface area contributed by atoms with Gasteiger partial charge < -0.3 is 19.5 Å². The first-order valence-corrected chi connectivity index (χ1v) is 6.85. The Labute approximate surface area is 120 Å². The van der Waals surface area contributed by atoms with E-state index in [4.69, 9.17) is 26.4 Å². The van der Waals surface area contributed by atoms with Gasteiger partial charge in [-0.1, -0.05) is 13.8 Å². The minimum atomic E-state index is -0.560. The molecule has 2 N–H and O–H groups in total. The van der Waals surface area contributed by atoms with Gasteiger partial charge in [-0.05, 0) is 32.0 Å². The average molecular weight is 292 g/mol. The number of carbonyl (C=O) groups excluding carboxylic acids is 1. The standard InChI is InChI=1S/C12H24N2O4S/c1-5-16-10(17-6-2)7-13-11(19)14-12(15)18-8-9(3)4/h9-10H,5-8H2,1-4H3,(H2,13,14,15,19). The predicted molar refractivity (Wildman–Crippen MR) is 77.0 cm³/mol. The van der Waals surface area contributed by atoms with Crippen molar-refractivity contribution in [2.75, 3.05) is 26.4 Å². The average Bonchev–Trinajstić information content (AvgIpc) is 2.34. The van der Waals surface area contributed by atoms with Crippen molar-refractivity contribution in [3.8, 4) is 0 Å². The molecule has 1 amide bonds. The van der Waals surface area contributed by atoms with Crippen LogP contribution in [0.2, 0.25) is 0 Å². The molecule has 0 unspecified atom stereocenters. The molecule has 6 nitrogen and oxygen atoms in total. The van der Waals surface area contributed by atoms with Crippen molar-refractivity contribution in [1.82, 2.24) is 10.6 Å². The molecule has 0 fully saturated rings. The highest BCUT2D eigenvalue weighted by Crippen LogP contribution is 1.94. The topological polar surface area (TPSA) is 68.8 Å². The summed E-state index contributed by atoms with van der Waals surface area (Å²) in [4.78, 5) is 11.3. The van der Waals surface area contributed by atoms with Gasteiger partial charge in [0.15, 0.2) is 11.4 Å². The second-order valence-corrected chi connectivity index (χ2v) is 4.58. The zero-order chi connectivity index (χ0) is 14.7. The van der Waals surface area contributed by atoms with E-state index in [1.54, 1.807) is 0 Å². The van der Waals surface area contributed by atoms with Gasteiger partial charge in [-0.15, -0.1) is 0 Å². The number of nitrogens with one attached hydrogen (secondary N) is 2. The van der Waals surface area contributed by atoms with Crippen LogP contribution in [0.3, 0.4) is 0 Å². The van der Waals surface area contributed by atoms with Crippen molar-refractivity contribution in [3.05, 3.63) is 0 Å². The fraction of sp³-hybridized carbons (Fsp3) is 0.833. The van der Waals surface area contributed by atoms with Crippen molar-refractivity contribution in [2.24, 2.45) is 5.92 Å². The fourth-order valence-electron chi connectivity index (χ4n) is 1.13. The molecule has 0 aromatic heterocycles. The van der Waals surface area contributed by atoms with Gasteiger partial charge in [-0.25, -0.2) is 4.79 Å². The molecule has 7 heteroatoms. The summed E-state index contributed by atoms with van der Waals surface area (Å²) in [7, 11) is 0. The number of hydrogen-bond donors (Lipinski definition) is 2. The number of ether oxygens (including phenoxy) is 3. The molecule has 0 spiro atoms. The zero-order valence-electron chi connectivity index (χ0n) is 12.0. The molecule has 19 heavy (non-hydrogen) atoms. The van der Waals surface area contributed by atoms with E-state index in [2.05, 4.69) is 10.6 Å². The van der Waals surface area contributed by atoms with Gasteiger partial charge in [0.2, 0.25) is 0 Å². The van der Waals surface area contributed by atoms with Gasteiger partial charge in [0.1, 0.15) is 0 Å². The molecule has 0 saturated carbocycles. The summed E-state index contributed by atoms with van der Waals surface area (Å²) in [6.07, 6.45) is -0.947. The van der Waals surface area contributed by atoms with Crippen LogP contribution in [0.15, 0.2) is 0 Å². The molecule has 0 aliphatic heterocycles. The predicted octanol–water partition coefficient (Wildman–Crippen LogP) is 1.64. The molecule has 112 valence electrons. The Kier molecular flexibility index (Phi) is 10.4. The summed E-state index contributed by atoms with van der Waals surface area (Å²) in [5, 5.41) is 5.46. The minimum absolute atomic E-state index is 0.193. The second kappa shape index (κ2) is 11.0. The van der Waals surface area contributed by atoms with E-state index in [1.807, 2.05) is 27.7 Å². The third kappa shape index (κ3) is 10.7. The van der Waals surface area contributed by atoms with Gasteiger partial charge in [0, 0.05) is 13.2 Å². The number of thiocarbonyl (C=S) groups is 1. The van der Waals surface area contributed by atoms with Gasteiger partial charge in [0.25, 0.3) is 0 Å². The number of hydrogen-bond acceptors (Lipinski definition) is 5. The van der Waals surface area contributed by atoms with E-state index in [0.29, 0.717) is 26.4 Å². The molecular formula is C12H24N2O4S. The maximum absolute atomic E-state index is 11.3. The summed E-state index contributed by atoms with van der Waals surface area (Å²) in [5.74, 6) is 0.285. The van der Waals surface area contributed by atoms with Crippen LogP contribution in [-0.2, 0) is 14.2 Å². The van der Waals surface area contributed by atoms with Crippen molar-refractivity contribution in [1.29, 1.82) is 0 Å². The third-order valence-corrected chi connectivity index (χ3v) is 2.14. The lowest BCUT2D eigenvalue weighted by molar-refractivity contribution is -0.131. The molecule has 0 radical (unpaired) electrons. The van der Waals surface area contributed by atoms with E-state index in [1.165, 1.54) is 0 Å². The highest BCUT2D eigenvalue weighted by molar-refractivity contribution is 7.80. The Balaban J connectivity index is 3.86. The van der Waals surface area contributed by atoms with Gasteiger partial charge in [0.05, 0.1) is 13.2 Å². The minimum Gasteiger partial charge on any atom is -0.449 e. The molecular weight excluding hydrogens is 268 g/mol. The van der Waals surface area contributed by atoms with Crippen molar-refractivity contribution in [2.45, 2.75) is 34.0 Å². The Hall–Kier alpha value is -0.920. The Bertz CT molecular complexity index is 268. The summed E-state index contributed by atoms with van der Waals surface area (Å²) >= 11 is 4.96. The maximum Gasteiger partial charge on any atom is 0.413 e. The Morgan fingerprint density at radius 3 is 2.26 bits per heavy atom. The first-order chi connectivity index (χ1) is 8.99. The largest absolute Gasteiger partial charge is 0.449 e. The van der Waals surface area contributed by atoms with E-state index >= 15 is 0 Å². The molecule has 0 rings (SSSR count). The van der Waals surface area contributed by atoms with Crippen LogP contribution in [0.1, 0.15) is 27.7 Å². The van der Waals surface area contributed by atoms with Gasteiger partial charge in [-0.2, -0.15) is 0 Å². The highest BCUT2D eigenvalue weighted by Gasteiger charge is 2.10. The van der Waals surface area contributed by atoms with E-state index in [-0.39, 0.29) is 17.3 Å². The zero-order valence-corrected chi connectivity index (χ0v) is 12.8. The molecule has 0 bridgehead atoms. The van der Waals surface area contributed by atoms with Crippen LogP contribution < -0.4 is 10.6 Å². The fourth-order valence-corrected chi connectivity index (χ4v) is 1.30. The molecule has 0 aromatic rings. The van der Waals surface area contributed by atoms with Crippen molar-refractivity contribution in [3.63, 3.8) is 0 Å². The van der Waals surface area contributed by atoms with Crippen LogP contribution >= 0.6 is 12.2 Å². The third-order valence-electron chi connectivity index (χ3n) is 1.90. The van der Waals surface area contributed by atoms with Crippen LogP contribution in [0.4, 0.5) is 4.79 Å². The second-order valence-electron chi connectivity index (χ2n) is 4.17. The van der Waals surface area contributed by atoms with Crippen molar-refractivity contribution >= 4 is 23.4 Å². The maximum atomic E-state index is 11.3. The lowest BCUT2D eigenvalue weighted by Crippen LogP contribution is -2.43. The molecule has 0 heterocycles.